The zero-order chi connectivity index (χ0) is 15.0. The molecule has 0 saturated carbocycles. The first-order valence-electron chi connectivity index (χ1n) is 7.39. The van der Waals surface area contributed by atoms with E-state index in [1.165, 1.54) is 5.56 Å². The number of halogens is 1. The molecule has 0 fully saturated rings. The van der Waals surface area contributed by atoms with E-state index in [2.05, 4.69) is 28.2 Å². The highest BCUT2D eigenvalue weighted by Gasteiger charge is 2.23. The minimum absolute atomic E-state index is 0.337. The standard InChI is InChI=1S/C16H26BrNO2/c1-4-9-18-11-13-10-14(7-8-15(13)17)20-12-16(19,5-2)6-3/h7-8,10,18-19H,4-6,9,11-12H2,1-3H3. The van der Waals surface area contributed by atoms with Crippen LogP contribution in [0.4, 0.5) is 0 Å². The lowest BCUT2D eigenvalue weighted by atomic mass is 9.99. The van der Waals surface area contributed by atoms with Crippen molar-refractivity contribution < 1.29 is 9.84 Å². The minimum Gasteiger partial charge on any atom is -0.491 e. The van der Waals surface area contributed by atoms with Crippen molar-refractivity contribution in [1.82, 2.24) is 5.32 Å². The molecule has 0 unspecified atom stereocenters. The average Bonchev–Trinajstić information content (AvgIpc) is 2.47. The van der Waals surface area contributed by atoms with E-state index in [4.69, 9.17) is 4.74 Å². The van der Waals surface area contributed by atoms with E-state index in [1.807, 2.05) is 32.0 Å². The van der Waals surface area contributed by atoms with Gasteiger partial charge < -0.3 is 15.2 Å². The fourth-order valence-electron chi connectivity index (χ4n) is 1.85. The van der Waals surface area contributed by atoms with E-state index in [0.29, 0.717) is 19.4 Å². The lowest BCUT2D eigenvalue weighted by molar-refractivity contribution is -0.0113. The van der Waals surface area contributed by atoms with Crippen LogP contribution in [-0.2, 0) is 6.54 Å². The molecule has 0 heterocycles. The summed E-state index contributed by atoms with van der Waals surface area (Å²) in [6, 6.07) is 5.95. The van der Waals surface area contributed by atoms with Crippen LogP contribution in [0.3, 0.4) is 0 Å². The molecule has 0 aromatic heterocycles. The summed E-state index contributed by atoms with van der Waals surface area (Å²) in [5.41, 5.74) is 0.445. The number of nitrogens with one attached hydrogen (secondary N) is 1. The van der Waals surface area contributed by atoms with E-state index in [0.717, 1.165) is 29.7 Å². The second-order valence-electron chi connectivity index (χ2n) is 5.15. The highest BCUT2D eigenvalue weighted by atomic mass is 79.9. The lowest BCUT2D eigenvalue weighted by Gasteiger charge is -2.25. The van der Waals surface area contributed by atoms with Gasteiger partial charge in [0.1, 0.15) is 12.4 Å². The zero-order valence-corrected chi connectivity index (χ0v) is 14.3. The molecule has 0 spiro atoms. The first kappa shape index (κ1) is 17.5. The van der Waals surface area contributed by atoms with Gasteiger partial charge in [0.15, 0.2) is 0 Å². The molecule has 0 bridgehead atoms. The van der Waals surface area contributed by atoms with Gasteiger partial charge in [-0.25, -0.2) is 0 Å². The highest BCUT2D eigenvalue weighted by Crippen LogP contribution is 2.24. The molecule has 0 atom stereocenters. The molecule has 1 rings (SSSR count). The molecule has 0 amide bonds. The summed E-state index contributed by atoms with van der Waals surface area (Å²) >= 11 is 3.56. The molecule has 0 aliphatic carbocycles. The molecule has 0 aliphatic heterocycles. The topological polar surface area (TPSA) is 41.5 Å². The summed E-state index contributed by atoms with van der Waals surface area (Å²) in [7, 11) is 0. The Morgan fingerprint density at radius 2 is 1.95 bits per heavy atom. The Balaban J connectivity index is 2.65. The molecule has 0 saturated heterocycles. The van der Waals surface area contributed by atoms with Gasteiger partial charge in [-0.05, 0) is 49.6 Å². The molecular formula is C16H26BrNO2. The molecule has 0 aliphatic rings. The number of ether oxygens (including phenoxy) is 1. The van der Waals surface area contributed by atoms with Crippen molar-refractivity contribution in [2.24, 2.45) is 0 Å². The van der Waals surface area contributed by atoms with Crippen molar-refractivity contribution in [2.45, 2.75) is 52.2 Å². The summed E-state index contributed by atoms with van der Waals surface area (Å²) in [4.78, 5) is 0. The summed E-state index contributed by atoms with van der Waals surface area (Å²) in [5.74, 6) is 0.807. The maximum atomic E-state index is 10.2. The van der Waals surface area contributed by atoms with Crippen LogP contribution in [0.2, 0.25) is 0 Å². The fourth-order valence-corrected chi connectivity index (χ4v) is 2.23. The van der Waals surface area contributed by atoms with Crippen molar-refractivity contribution in [3.8, 4) is 5.75 Å². The summed E-state index contributed by atoms with van der Waals surface area (Å²) in [5, 5.41) is 13.6. The van der Waals surface area contributed by atoms with Crippen LogP contribution >= 0.6 is 15.9 Å². The SMILES string of the molecule is CCCNCc1cc(OCC(O)(CC)CC)ccc1Br. The van der Waals surface area contributed by atoms with Gasteiger partial charge in [-0.15, -0.1) is 0 Å². The predicted octanol–water partition coefficient (Wildman–Crippen LogP) is 3.88. The Morgan fingerprint density at radius 3 is 2.55 bits per heavy atom. The van der Waals surface area contributed by atoms with E-state index in [1.54, 1.807) is 0 Å². The van der Waals surface area contributed by atoms with Crippen LogP contribution in [0.25, 0.3) is 0 Å². The molecule has 114 valence electrons. The van der Waals surface area contributed by atoms with Crippen LogP contribution in [-0.4, -0.2) is 23.9 Å². The van der Waals surface area contributed by atoms with E-state index in [-0.39, 0.29) is 0 Å². The van der Waals surface area contributed by atoms with Gasteiger partial charge in [0, 0.05) is 11.0 Å². The largest absolute Gasteiger partial charge is 0.491 e. The van der Waals surface area contributed by atoms with Crippen LogP contribution in [0, 0.1) is 0 Å². The number of hydrogen-bond acceptors (Lipinski definition) is 3. The average molecular weight is 344 g/mol. The summed E-state index contributed by atoms with van der Waals surface area (Å²) < 4.78 is 6.83. The quantitative estimate of drug-likeness (QED) is 0.668. The van der Waals surface area contributed by atoms with Gasteiger partial charge in [-0.1, -0.05) is 36.7 Å². The van der Waals surface area contributed by atoms with Gasteiger partial charge in [0.05, 0.1) is 5.60 Å². The molecule has 2 N–H and O–H groups in total. The van der Waals surface area contributed by atoms with Crippen molar-refractivity contribution >= 4 is 15.9 Å². The Hall–Kier alpha value is -0.580. The monoisotopic (exact) mass is 343 g/mol. The number of rotatable bonds is 9. The van der Waals surface area contributed by atoms with Crippen LogP contribution < -0.4 is 10.1 Å². The maximum absolute atomic E-state index is 10.2. The summed E-state index contributed by atoms with van der Waals surface area (Å²) in [6.45, 7) is 8.27. The predicted molar refractivity (Wildman–Crippen MR) is 87.2 cm³/mol. The Kier molecular flexibility index (Phi) is 7.56. The Bertz CT molecular complexity index is 405. The zero-order valence-electron chi connectivity index (χ0n) is 12.7. The first-order valence-corrected chi connectivity index (χ1v) is 8.18. The molecule has 1 aromatic carbocycles. The third kappa shape index (κ3) is 5.43. The van der Waals surface area contributed by atoms with Crippen molar-refractivity contribution in [1.29, 1.82) is 0 Å². The van der Waals surface area contributed by atoms with Crippen LogP contribution in [0.15, 0.2) is 22.7 Å². The highest BCUT2D eigenvalue weighted by molar-refractivity contribution is 9.10. The van der Waals surface area contributed by atoms with E-state index in [9.17, 15) is 5.11 Å². The van der Waals surface area contributed by atoms with E-state index >= 15 is 0 Å². The van der Waals surface area contributed by atoms with Gasteiger partial charge in [-0.3, -0.25) is 0 Å². The number of hydrogen-bond donors (Lipinski definition) is 2. The number of aliphatic hydroxyl groups is 1. The smallest absolute Gasteiger partial charge is 0.119 e. The van der Waals surface area contributed by atoms with Gasteiger partial charge in [-0.2, -0.15) is 0 Å². The van der Waals surface area contributed by atoms with Crippen molar-refractivity contribution in [2.75, 3.05) is 13.2 Å². The normalized spacial score (nSPS) is 11.7. The number of benzene rings is 1. The molecule has 1 aromatic rings. The van der Waals surface area contributed by atoms with Gasteiger partial charge >= 0.3 is 0 Å². The third-order valence-corrected chi connectivity index (χ3v) is 4.36. The van der Waals surface area contributed by atoms with E-state index < -0.39 is 5.60 Å². The molecule has 0 radical (unpaired) electrons. The van der Waals surface area contributed by atoms with Crippen molar-refractivity contribution in [3.63, 3.8) is 0 Å². The second kappa shape index (κ2) is 8.65. The van der Waals surface area contributed by atoms with Gasteiger partial charge in [0.2, 0.25) is 0 Å². The van der Waals surface area contributed by atoms with Crippen LogP contribution in [0.5, 0.6) is 5.75 Å². The maximum Gasteiger partial charge on any atom is 0.119 e. The lowest BCUT2D eigenvalue weighted by Crippen LogP contribution is -2.34. The van der Waals surface area contributed by atoms with Gasteiger partial charge in [0.25, 0.3) is 0 Å². The minimum atomic E-state index is -0.728. The second-order valence-corrected chi connectivity index (χ2v) is 6.00. The first-order chi connectivity index (χ1) is 9.54. The fraction of sp³-hybridized carbons (Fsp3) is 0.625. The van der Waals surface area contributed by atoms with Crippen molar-refractivity contribution in [3.05, 3.63) is 28.2 Å². The Morgan fingerprint density at radius 1 is 1.25 bits per heavy atom. The Labute approximate surface area is 130 Å². The molecular weight excluding hydrogens is 318 g/mol. The van der Waals surface area contributed by atoms with Crippen LogP contribution in [0.1, 0.15) is 45.6 Å². The molecule has 20 heavy (non-hydrogen) atoms. The third-order valence-electron chi connectivity index (χ3n) is 3.58. The molecule has 3 nitrogen and oxygen atoms in total. The molecule has 4 heteroatoms. The summed E-state index contributed by atoms with van der Waals surface area (Å²) in [6.07, 6.45) is 2.52.